The van der Waals surface area contributed by atoms with Crippen LogP contribution >= 0.6 is 23.2 Å². The van der Waals surface area contributed by atoms with Crippen LogP contribution in [0.1, 0.15) is 53.3 Å². The highest BCUT2D eigenvalue weighted by Crippen LogP contribution is 2.40. The van der Waals surface area contributed by atoms with Gasteiger partial charge in [-0.15, -0.1) is 0 Å². The van der Waals surface area contributed by atoms with Crippen molar-refractivity contribution in [3.8, 4) is 28.4 Å². The standard InChI is InChI=1S/C38H43Cl2N9O4/c1-47-16-12-22(13-17-47)38(52)49-18-14-30-29(21-49)44-35(48(30)2)36(51)45-28-6-4-5-26(32(28)39)34-33(40)25(11-15-42-34)27-9-7-23(37(46-27)53-3)19-41-20-24-8-10-31(50)43-24/h4-7,9,11,15,22,24,41H,8,10,12-14,16-21H2,1-3H3,(H,43,50)(H,45,51)/t24-/m0/s1. The van der Waals surface area contributed by atoms with Crippen molar-refractivity contribution in [1.82, 2.24) is 40.0 Å². The van der Waals surface area contributed by atoms with Gasteiger partial charge in [0, 0.05) is 80.1 Å². The Morgan fingerprint density at radius 3 is 2.55 bits per heavy atom. The Bertz CT molecular complexity index is 2050. The van der Waals surface area contributed by atoms with Gasteiger partial charge >= 0.3 is 0 Å². The lowest BCUT2D eigenvalue weighted by molar-refractivity contribution is -0.138. The van der Waals surface area contributed by atoms with Crippen LogP contribution in [-0.4, -0.2) is 93.4 Å². The van der Waals surface area contributed by atoms with Gasteiger partial charge in [0.1, 0.15) is 0 Å². The molecular formula is C38H43Cl2N9O4. The molecule has 1 atom stereocenters. The number of rotatable bonds is 10. The second kappa shape index (κ2) is 15.8. The number of amides is 3. The second-order valence-electron chi connectivity index (χ2n) is 13.9. The molecule has 278 valence electrons. The lowest BCUT2D eigenvalue weighted by Crippen LogP contribution is -2.43. The van der Waals surface area contributed by atoms with Crippen LogP contribution in [0.4, 0.5) is 5.69 Å². The SMILES string of the molecule is COc1nc(-c2ccnc(-c3cccc(NC(=O)c4nc5c(n4C)CCN(C(=O)C4CCN(C)CC4)C5)c3Cl)c2Cl)ccc1CNC[C@@H]1CCC(=O)N1. The number of carbonyl (C=O) groups excluding carboxylic acids is 3. The fourth-order valence-corrected chi connectivity index (χ4v) is 7.97. The van der Waals surface area contributed by atoms with E-state index in [9.17, 15) is 14.4 Å². The van der Waals surface area contributed by atoms with Crippen molar-refractivity contribution in [1.29, 1.82) is 0 Å². The largest absolute Gasteiger partial charge is 0.481 e. The third-order valence-corrected chi connectivity index (χ3v) is 11.2. The summed E-state index contributed by atoms with van der Waals surface area (Å²) in [4.78, 5) is 56.6. The van der Waals surface area contributed by atoms with Crippen molar-refractivity contribution in [3.05, 3.63) is 75.4 Å². The van der Waals surface area contributed by atoms with Crippen molar-refractivity contribution in [2.24, 2.45) is 13.0 Å². The van der Waals surface area contributed by atoms with E-state index in [0.29, 0.717) is 78.1 Å². The van der Waals surface area contributed by atoms with Gasteiger partial charge in [0.2, 0.25) is 17.7 Å². The van der Waals surface area contributed by atoms with E-state index in [1.807, 2.05) is 24.1 Å². The van der Waals surface area contributed by atoms with E-state index in [1.165, 1.54) is 0 Å². The molecule has 13 nitrogen and oxygen atoms in total. The molecule has 3 aliphatic rings. The Kier molecular flexibility index (Phi) is 11.0. The summed E-state index contributed by atoms with van der Waals surface area (Å²) in [5.74, 6) is 0.569. The minimum absolute atomic E-state index is 0.0315. The van der Waals surface area contributed by atoms with Crippen LogP contribution in [0.2, 0.25) is 10.0 Å². The molecule has 3 amide bonds. The maximum absolute atomic E-state index is 13.7. The highest BCUT2D eigenvalue weighted by Gasteiger charge is 2.32. The zero-order valence-electron chi connectivity index (χ0n) is 30.0. The fourth-order valence-electron chi connectivity index (χ4n) is 7.39. The minimum Gasteiger partial charge on any atom is -0.481 e. The van der Waals surface area contributed by atoms with Gasteiger partial charge in [-0.1, -0.05) is 41.4 Å². The summed E-state index contributed by atoms with van der Waals surface area (Å²) < 4.78 is 7.43. The van der Waals surface area contributed by atoms with Gasteiger partial charge in [0.25, 0.3) is 5.91 Å². The van der Waals surface area contributed by atoms with E-state index in [-0.39, 0.29) is 34.6 Å². The van der Waals surface area contributed by atoms with E-state index in [0.717, 1.165) is 49.3 Å². The highest BCUT2D eigenvalue weighted by molar-refractivity contribution is 6.39. The average Bonchev–Trinajstić information content (AvgIpc) is 3.74. The summed E-state index contributed by atoms with van der Waals surface area (Å²) in [6.45, 7) is 4.00. The van der Waals surface area contributed by atoms with Crippen molar-refractivity contribution in [3.63, 3.8) is 0 Å². The topological polar surface area (TPSA) is 147 Å². The third kappa shape index (κ3) is 7.75. The summed E-state index contributed by atoms with van der Waals surface area (Å²) >= 11 is 13.9. The third-order valence-electron chi connectivity index (χ3n) is 10.4. The summed E-state index contributed by atoms with van der Waals surface area (Å²) in [5.41, 5.74) is 5.12. The molecule has 6 heterocycles. The number of hydrogen-bond acceptors (Lipinski definition) is 9. The van der Waals surface area contributed by atoms with Gasteiger partial charge in [0.05, 0.1) is 46.5 Å². The molecule has 4 aromatic rings. The number of nitrogens with zero attached hydrogens (tertiary/aromatic N) is 6. The zero-order chi connectivity index (χ0) is 37.2. The number of halogens is 2. The number of likely N-dealkylation sites (tertiary alicyclic amines) is 1. The fraction of sp³-hybridized carbons (Fsp3) is 0.421. The summed E-state index contributed by atoms with van der Waals surface area (Å²) in [5, 5.41) is 9.88. The predicted octanol–water partition coefficient (Wildman–Crippen LogP) is 4.71. The van der Waals surface area contributed by atoms with Crippen molar-refractivity contribution < 1.29 is 19.1 Å². The summed E-state index contributed by atoms with van der Waals surface area (Å²) in [7, 11) is 5.48. The Balaban J connectivity index is 1.06. The van der Waals surface area contributed by atoms with Gasteiger partial charge < -0.3 is 35.1 Å². The molecule has 0 aliphatic carbocycles. The van der Waals surface area contributed by atoms with Gasteiger partial charge in [-0.2, -0.15) is 0 Å². The number of methoxy groups -OCH3 is 1. The summed E-state index contributed by atoms with van der Waals surface area (Å²) in [6, 6.07) is 11.0. The number of fused-ring (bicyclic) bond motifs is 1. The van der Waals surface area contributed by atoms with Crippen LogP contribution in [-0.2, 0) is 36.1 Å². The molecule has 53 heavy (non-hydrogen) atoms. The van der Waals surface area contributed by atoms with E-state index in [2.05, 4.69) is 32.9 Å². The van der Waals surface area contributed by atoms with Crippen molar-refractivity contribution in [2.45, 2.75) is 51.2 Å². The first-order valence-corrected chi connectivity index (χ1v) is 18.7. The highest BCUT2D eigenvalue weighted by atomic mass is 35.5. The quantitative estimate of drug-likeness (QED) is 0.209. The Hall–Kier alpha value is -4.56. The number of carbonyl (C=O) groups is 3. The molecular weight excluding hydrogens is 717 g/mol. The number of pyridine rings is 2. The molecule has 0 saturated carbocycles. The lowest BCUT2D eigenvalue weighted by atomic mass is 9.95. The smallest absolute Gasteiger partial charge is 0.291 e. The molecule has 3 N–H and O–H groups in total. The van der Waals surface area contributed by atoms with E-state index < -0.39 is 5.91 Å². The molecule has 2 saturated heterocycles. The molecule has 1 aromatic carbocycles. The maximum atomic E-state index is 13.7. The number of benzene rings is 1. The monoisotopic (exact) mass is 759 g/mol. The van der Waals surface area contributed by atoms with E-state index in [1.54, 1.807) is 42.1 Å². The molecule has 0 radical (unpaired) electrons. The minimum atomic E-state index is -0.416. The van der Waals surface area contributed by atoms with Crippen LogP contribution in [0, 0.1) is 5.92 Å². The summed E-state index contributed by atoms with van der Waals surface area (Å²) in [6.07, 6.45) is 5.36. The number of anilines is 1. The number of nitrogens with one attached hydrogen (secondary N) is 3. The molecule has 15 heteroatoms. The van der Waals surface area contributed by atoms with Crippen LogP contribution in [0.15, 0.2) is 42.6 Å². The van der Waals surface area contributed by atoms with Crippen LogP contribution < -0.4 is 20.7 Å². The van der Waals surface area contributed by atoms with Gasteiger partial charge in [-0.25, -0.2) is 9.97 Å². The van der Waals surface area contributed by atoms with Crippen LogP contribution in [0.25, 0.3) is 22.5 Å². The van der Waals surface area contributed by atoms with Gasteiger partial charge in [0.15, 0.2) is 5.82 Å². The maximum Gasteiger partial charge on any atom is 0.291 e. The number of ether oxygens (including phenoxy) is 1. The average molecular weight is 761 g/mol. The second-order valence-corrected chi connectivity index (χ2v) is 14.7. The molecule has 0 bridgehead atoms. The molecule has 2 fully saturated rings. The van der Waals surface area contributed by atoms with Crippen LogP contribution in [0.5, 0.6) is 5.88 Å². The Morgan fingerprint density at radius 2 is 1.79 bits per heavy atom. The molecule has 3 aromatic heterocycles. The molecule has 0 spiro atoms. The molecule has 3 aliphatic heterocycles. The van der Waals surface area contributed by atoms with Crippen molar-refractivity contribution >= 4 is 46.6 Å². The number of piperidine rings is 1. The number of imidazole rings is 1. The molecule has 0 unspecified atom stereocenters. The first-order valence-electron chi connectivity index (χ1n) is 17.9. The number of hydrogen-bond donors (Lipinski definition) is 3. The zero-order valence-corrected chi connectivity index (χ0v) is 31.6. The Morgan fingerprint density at radius 1 is 0.981 bits per heavy atom. The van der Waals surface area contributed by atoms with Gasteiger partial charge in [-0.3, -0.25) is 19.4 Å². The van der Waals surface area contributed by atoms with Gasteiger partial charge in [-0.05, 0) is 57.6 Å². The Labute approximate surface area is 318 Å². The first kappa shape index (κ1) is 36.8. The predicted molar refractivity (Wildman–Crippen MR) is 203 cm³/mol. The lowest BCUT2D eigenvalue weighted by Gasteiger charge is -2.34. The normalized spacial score (nSPS) is 17.8. The molecule has 7 rings (SSSR count). The first-order chi connectivity index (χ1) is 25.6. The number of aromatic nitrogens is 4. The van der Waals surface area contributed by atoms with E-state index in [4.69, 9.17) is 37.9 Å². The van der Waals surface area contributed by atoms with Crippen molar-refractivity contribution in [2.75, 3.05) is 45.7 Å². The van der Waals surface area contributed by atoms with E-state index >= 15 is 0 Å². The van der Waals surface area contributed by atoms with Crippen LogP contribution in [0.3, 0.4) is 0 Å².